The van der Waals surface area contributed by atoms with Crippen LogP contribution < -0.4 is 5.56 Å². The molecule has 0 saturated carbocycles. The number of fused-ring (bicyclic) bond motifs is 1. The van der Waals surface area contributed by atoms with Crippen LogP contribution >= 0.6 is 12.2 Å². The molecule has 5 heteroatoms. The van der Waals surface area contributed by atoms with E-state index in [1.54, 1.807) is 4.57 Å². The second kappa shape index (κ2) is 6.81. The van der Waals surface area contributed by atoms with E-state index in [0.717, 1.165) is 31.3 Å². The molecule has 1 N–H and O–H groups in total. The van der Waals surface area contributed by atoms with Gasteiger partial charge < -0.3 is 9.88 Å². The summed E-state index contributed by atoms with van der Waals surface area (Å²) >= 11 is 5.29. The van der Waals surface area contributed by atoms with Crippen LogP contribution in [0.2, 0.25) is 0 Å². The van der Waals surface area contributed by atoms with Crippen LogP contribution in [0.3, 0.4) is 0 Å². The molecule has 20 heavy (non-hydrogen) atoms. The standard InChI is InChI=1S/C15H21N3OS/c1-17(2)10-6-3-7-11-18-14(19)12-8-4-5-9-13(12)16-15(18)20/h4-5,8-9H,3,6-7,10-11H2,1-2H3,(H,16,20). The molecular formula is C15H21N3OS. The van der Waals surface area contributed by atoms with E-state index in [-0.39, 0.29) is 5.56 Å². The van der Waals surface area contributed by atoms with Crippen molar-refractivity contribution in [2.75, 3.05) is 20.6 Å². The summed E-state index contributed by atoms with van der Waals surface area (Å²) < 4.78 is 2.19. The normalized spacial score (nSPS) is 11.3. The number of H-pyrrole nitrogens is 1. The van der Waals surface area contributed by atoms with Gasteiger partial charge in [0.1, 0.15) is 0 Å². The molecule has 1 aromatic carbocycles. The summed E-state index contributed by atoms with van der Waals surface area (Å²) in [6.07, 6.45) is 3.22. The largest absolute Gasteiger partial charge is 0.332 e. The van der Waals surface area contributed by atoms with Gasteiger partial charge in [-0.3, -0.25) is 9.36 Å². The van der Waals surface area contributed by atoms with Crippen LogP contribution in [0.5, 0.6) is 0 Å². The summed E-state index contributed by atoms with van der Waals surface area (Å²) in [6, 6.07) is 7.50. The van der Waals surface area contributed by atoms with Crippen molar-refractivity contribution in [3.63, 3.8) is 0 Å². The van der Waals surface area contributed by atoms with E-state index in [2.05, 4.69) is 24.0 Å². The van der Waals surface area contributed by atoms with Crippen molar-refractivity contribution in [1.82, 2.24) is 14.5 Å². The number of hydrogen-bond donors (Lipinski definition) is 1. The number of nitrogens with zero attached hydrogens (tertiary/aromatic N) is 2. The van der Waals surface area contributed by atoms with Crippen LogP contribution in [-0.2, 0) is 6.54 Å². The molecule has 0 aliphatic heterocycles. The summed E-state index contributed by atoms with van der Waals surface area (Å²) in [7, 11) is 4.15. The summed E-state index contributed by atoms with van der Waals surface area (Å²) in [5, 5.41) is 0.703. The lowest BCUT2D eigenvalue weighted by Crippen LogP contribution is -2.22. The molecule has 0 saturated heterocycles. The van der Waals surface area contributed by atoms with Crippen LogP contribution in [0.15, 0.2) is 29.1 Å². The van der Waals surface area contributed by atoms with E-state index in [1.165, 1.54) is 0 Å². The number of hydrogen-bond acceptors (Lipinski definition) is 3. The molecule has 0 radical (unpaired) electrons. The minimum atomic E-state index is 0.0111. The van der Waals surface area contributed by atoms with Gasteiger partial charge in [0, 0.05) is 6.54 Å². The summed E-state index contributed by atoms with van der Waals surface area (Å²) in [4.78, 5) is 17.7. The van der Waals surface area contributed by atoms with Gasteiger partial charge in [-0.25, -0.2) is 0 Å². The topological polar surface area (TPSA) is 41.0 Å². The molecule has 1 heterocycles. The lowest BCUT2D eigenvalue weighted by molar-refractivity contribution is 0.387. The summed E-state index contributed by atoms with van der Waals surface area (Å²) in [5.41, 5.74) is 0.823. The molecule has 0 aliphatic rings. The number of aromatic nitrogens is 2. The Bertz CT molecular complexity index is 687. The lowest BCUT2D eigenvalue weighted by Gasteiger charge is -2.10. The second-order valence-corrected chi connectivity index (χ2v) is 5.68. The van der Waals surface area contributed by atoms with Crippen molar-refractivity contribution < 1.29 is 0 Å². The number of para-hydroxylation sites is 1. The Morgan fingerprint density at radius 1 is 1.20 bits per heavy atom. The van der Waals surface area contributed by atoms with E-state index in [9.17, 15) is 4.79 Å². The summed E-state index contributed by atoms with van der Waals surface area (Å²) in [5.74, 6) is 0. The van der Waals surface area contributed by atoms with Gasteiger partial charge in [-0.15, -0.1) is 0 Å². The lowest BCUT2D eigenvalue weighted by atomic mass is 10.2. The Morgan fingerprint density at radius 2 is 1.95 bits per heavy atom. The fraction of sp³-hybridized carbons (Fsp3) is 0.467. The Morgan fingerprint density at radius 3 is 2.70 bits per heavy atom. The van der Waals surface area contributed by atoms with E-state index >= 15 is 0 Å². The first kappa shape index (κ1) is 14.9. The van der Waals surface area contributed by atoms with Crippen molar-refractivity contribution in [2.24, 2.45) is 0 Å². The molecule has 0 spiro atoms. The number of aromatic amines is 1. The molecule has 0 unspecified atom stereocenters. The molecular weight excluding hydrogens is 270 g/mol. The van der Waals surface area contributed by atoms with Gasteiger partial charge in [-0.1, -0.05) is 18.6 Å². The third kappa shape index (κ3) is 3.55. The maximum Gasteiger partial charge on any atom is 0.262 e. The smallest absolute Gasteiger partial charge is 0.262 e. The molecule has 2 rings (SSSR count). The zero-order valence-electron chi connectivity index (χ0n) is 12.1. The molecule has 0 aliphatic carbocycles. The van der Waals surface area contributed by atoms with Gasteiger partial charge in [-0.2, -0.15) is 0 Å². The summed E-state index contributed by atoms with van der Waals surface area (Å²) in [6.45, 7) is 1.77. The van der Waals surface area contributed by atoms with E-state index in [4.69, 9.17) is 12.2 Å². The Labute approximate surface area is 124 Å². The zero-order chi connectivity index (χ0) is 14.5. The van der Waals surface area contributed by atoms with Crippen molar-refractivity contribution >= 4 is 23.1 Å². The van der Waals surface area contributed by atoms with E-state index in [0.29, 0.717) is 16.7 Å². The zero-order valence-corrected chi connectivity index (χ0v) is 12.9. The highest BCUT2D eigenvalue weighted by molar-refractivity contribution is 7.71. The molecule has 1 aromatic heterocycles. The van der Waals surface area contributed by atoms with Crippen LogP contribution in [0.25, 0.3) is 10.9 Å². The monoisotopic (exact) mass is 291 g/mol. The predicted octanol–water partition coefficient (Wildman–Crippen LogP) is 2.79. The van der Waals surface area contributed by atoms with Crippen LogP contribution in [0.4, 0.5) is 0 Å². The second-order valence-electron chi connectivity index (χ2n) is 5.30. The van der Waals surface area contributed by atoms with E-state index in [1.807, 2.05) is 24.3 Å². The first-order valence-corrected chi connectivity index (χ1v) is 7.37. The van der Waals surface area contributed by atoms with Crippen LogP contribution in [0, 0.1) is 4.77 Å². The van der Waals surface area contributed by atoms with Gasteiger partial charge in [0.25, 0.3) is 5.56 Å². The van der Waals surface area contributed by atoms with Crippen LogP contribution in [-0.4, -0.2) is 35.1 Å². The van der Waals surface area contributed by atoms with Gasteiger partial charge in [0.2, 0.25) is 0 Å². The number of benzene rings is 1. The van der Waals surface area contributed by atoms with Gasteiger partial charge in [0.15, 0.2) is 4.77 Å². The van der Waals surface area contributed by atoms with Gasteiger partial charge >= 0.3 is 0 Å². The average molecular weight is 291 g/mol. The minimum absolute atomic E-state index is 0.0111. The SMILES string of the molecule is CN(C)CCCCCn1c(=S)[nH]c2ccccc2c1=O. The predicted molar refractivity (Wildman–Crippen MR) is 85.8 cm³/mol. The van der Waals surface area contributed by atoms with Gasteiger partial charge in [0.05, 0.1) is 10.9 Å². The van der Waals surface area contributed by atoms with Crippen molar-refractivity contribution in [3.05, 3.63) is 39.4 Å². The molecule has 0 atom stereocenters. The maximum absolute atomic E-state index is 12.4. The van der Waals surface area contributed by atoms with Crippen LogP contribution in [0.1, 0.15) is 19.3 Å². The Kier molecular flexibility index (Phi) is 5.09. The van der Waals surface area contributed by atoms with Crippen molar-refractivity contribution in [3.8, 4) is 0 Å². The fourth-order valence-corrected chi connectivity index (χ4v) is 2.56. The Balaban J connectivity index is 2.10. The number of nitrogens with one attached hydrogen (secondary N) is 1. The molecule has 0 bridgehead atoms. The molecule has 0 amide bonds. The average Bonchev–Trinajstić information content (AvgIpc) is 2.41. The first-order chi connectivity index (χ1) is 9.59. The first-order valence-electron chi connectivity index (χ1n) is 6.96. The highest BCUT2D eigenvalue weighted by Gasteiger charge is 2.04. The Hall–Kier alpha value is -1.46. The fourth-order valence-electron chi connectivity index (χ4n) is 2.28. The van der Waals surface area contributed by atoms with E-state index < -0.39 is 0 Å². The minimum Gasteiger partial charge on any atom is -0.332 e. The van der Waals surface area contributed by atoms with Crippen molar-refractivity contribution in [2.45, 2.75) is 25.8 Å². The quantitative estimate of drug-likeness (QED) is 0.657. The maximum atomic E-state index is 12.4. The van der Waals surface area contributed by atoms with Gasteiger partial charge in [-0.05, 0) is 57.8 Å². The molecule has 2 aromatic rings. The highest BCUT2D eigenvalue weighted by atomic mass is 32.1. The van der Waals surface area contributed by atoms with Crippen molar-refractivity contribution in [1.29, 1.82) is 0 Å². The third-order valence-corrected chi connectivity index (χ3v) is 3.70. The molecule has 4 nitrogen and oxygen atoms in total. The third-order valence-electron chi connectivity index (χ3n) is 3.38. The number of rotatable bonds is 6. The molecule has 0 fully saturated rings. The number of unbranched alkanes of at least 4 members (excludes halogenated alkanes) is 2. The highest BCUT2D eigenvalue weighted by Crippen LogP contribution is 2.07. The molecule has 108 valence electrons.